The summed E-state index contributed by atoms with van der Waals surface area (Å²) in [7, 11) is 0. The summed E-state index contributed by atoms with van der Waals surface area (Å²) in [6.45, 7) is 10.2. The first-order chi connectivity index (χ1) is 10.6. The van der Waals surface area contributed by atoms with Gasteiger partial charge in [0, 0.05) is 24.7 Å². The smallest absolute Gasteiger partial charge is 0.407 e. The lowest BCUT2D eigenvalue weighted by Crippen LogP contribution is -2.46. The van der Waals surface area contributed by atoms with Gasteiger partial charge in [0.25, 0.3) is 0 Å². The number of hydrogen-bond donors (Lipinski definition) is 3. The zero-order valence-electron chi connectivity index (χ0n) is 14.4. The van der Waals surface area contributed by atoms with Crippen LogP contribution in [0.15, 0.2) is 18.2 Å². The highest BCUT2D eigenvalue weighted by atomic mass is 19.1. The number of hydrogen-bond acceptors (Lipinski definition) is 4. The molecule has 130 valence electrons. The lowest BCUT2D eigenvalue weighted by atomic mass is 10.0. The van der Waals surface area contributed by atoms with Crippen LogP contribution in [0.3, 0.4) is 0 Å². The van der Waals surface area contributed by atoms with Crippen LogP contribution in [0.5, 0.6) is 5.75 Å². The Labute approximate surface area is 137 Å². The number of ether oxygens (including phenoxy) is 1. The minimum Gasteiger partial charge on any atom is -0.505 e. The molecule has 0 saturated carbocycles. The van der Waals surface area contributed by atoms with Crippen LogP contribution in [0.2, 0.25) is 0 Å². The van der Waals surface area contributed by atoms with Gasteiger partial charge in [-0.05, 0) is 32.8 Å². The van der Waals surface area contributed by atoms with Crippen molar-refractivity contribution in [3.05, 3.63) is 29.6 Å². The van der Waals surface area contributed by atoms with Crippen molar-refractivity contribution in [1.82, 2.24) is 10.6 Å². The Balaban J connectivity index is 2.54. The molecule has 0 bridgehead atoms. The minimum absolute atomic E-state index is 0.138. The maximum Gasteiger partial charge on any atom is 0.407 e. The van der Waals surface area contributed by atoms with E-state index in [2.05, 4.69) is 10.6 Å². The number of carbonyl (C=O) groups excluding carboxylic acids is 1. The summed E-state index contributed by atoms with van der Waals surface area (Å²) in [5, 5.41) is 15.6. The summed E-state index contributed by atoms with van der Waals surface area (Å²) >= 11 is 0. The van der Waals surface area contributed by atoms with Gasteiger partial charge in [0.2, 0.25) is 0 Å². The summed E-state index contributed by atoms with van der Waals surface area (Å²) in [5.41, 5.74) is -0.0726. The fraction of sp³-hybridized carbons (Fsp3) is 0.588. The lowest BCUT2D eigenvalue weighted by Gasteiger charge is -2.26. The van der Waals surface area contributed by atoms with Crippen LogP contribution in [-0.2, 0) is 11.3 Å². The molecule has 1 amide bonds. The Morgan fingerprint density at radius 3 is 2.57 bits per heavy atom. The van der Waals surface area contributed by atoms with Crippen molar-refractivity contribution in [3.63, 3.8) is 0 Å². The van der Waals surface area contributed by atoms with Gasteiger partial charge in [-0.3, -0.25) is 0 Å². The molecule has 0 radical (unpaired) electrons. The Morgan fingerprint density at radius 2 is 2.00 bits per heavy atom. The molecule has 0 aromatic heterocycles. The Hall–Kier alpha value is -1.82. The Bertz CT molecular complexity index is 527. The molecule has 0 saturated heterocycles. The van der Waals surface area contributed by atoms with E-state index in [1.807, 2.05) is 34.6 Å². The Morgan fingerprint density at radius 1 is 1.35 bits per heavy atom. The van der Waals surface area contributed by atoms with Gasteiger partial charge in [-0.2, -0.15) is 0 Å². The molecule has 0 heterocycles. The van der Waals surface area contributed by atoms with Gasteiger partial charge >= 0.3 is 6.09 Å². The molecule has 0 aliphatic carbocycles. The highest BCUT2D eigenvalue weighted by Crippen LogP contribution is 2.20. The van der Waals surface area contributed by atoms with E-state index in [9.17, 15) is 14.3 Å². The van der Waals surface area contributed by atoms with Crippen molar-refractivity contribution in [2.45, 2.75) is 52.8 Å². The molecule has 3 N–H and O–H groups in total. The molecule has 1 unspecified atom stereocenters. The monoisotopic (exact) mass is 326 g/mol. The van der Waals surface area contributed by atoms with Gasteiger partial charge in [0.05, 0.1) is 0 Å². The molecule has 0 fully saturated rings. The van der Waals surface area contributed by atoms with E-state index >= 15 is 0 Å². The standard InChI is InChI=1S/C17H27FN2O3/c1-11(2)14(20-16(22)23-17(3,4)5)10-19-9-12-7-6-8-13(18)15(12)21/h6-8,11,14,19,21H,9-10H2,1-5H3,(H,20,22). The summed E-state index contributed by atoms with van der Waals surface area (Å²) < 4.78 is 18.5. The number of aromatic hydroxyl groups is 1. The Kier molecular flexibility index (Phi) is 6.81. The fourth-order valence-corrected chi connectivity index (χ4v) is 1.98. The predicted octanol–water partition coefficient (Wildman–Crippen LogP) is 3.17. The number of halogens is 1. The first-order valence-corrected chi connectivity index (χ1v) is 7.76. The van der Waals surface area contributed by atoms with E-state index in [0.29, 0.717) is 18.7 Å². The number of para-hydroxylation sites is 1. The van der Waals surface area contributed by atoms with Crippen LogP contribution < -0.4 is 10.6 Å². The van der Waals surface area contributed by atoms with E-state index in [0.717, 1.165) is 0 Å². The van der Waals surface area contributed by atoms with Crippen molar-refractivity contribution in [1.29, 1.82) is 0 Å². The number of nitrogens with one attached hydrogen (secondary N) is 2. The molecule has 0 aliphatic rings. The van der Waals surface area contributed by atoms with E-state index in [1.54, 1.807) is 12.1 Å². The average molecular weight is 326 g/mol. The number of alkyl carbamates (subject to hydrolysis) is 1. The number of phenolic OH excluding ortho intramolecular Hbond substituents is 1. The maximum absolute atomic E-state index is 13.3. The van der Waals surface area contributed by atoms with Crippen molar-refractivity contribution < 1.29 is 19.0 Å². The molecule has 6 heteroatoms. The number of carbonyl (C=O) groups is 1. The molecule has 5 nitrogen and oxygen atoms in total. The first kappa shape index (κ1) is 19.2. The third kappa shape index (κ3) is 6.86. The van der Waals surface area contributed by atoms with Crippen LogP contribution in [0.4, 0.5) is 9.18 Å². The second-order valence-electron chi connectivity index (χ2n) is 6.88. The van der Waals surface area contributed by atoms with Gasteiger partial charge in [-0.25, -0.2) is 9.18 Å². The van der Waals surface area contributed by atoms with Crippen molar-refractivity contribution >= 4 is 6.09 Å². The fourth-order valence-electron chi connectivity index (χ4n) is 1.98. The molecular weight excluding hydrogens is 299 g/mol. The van der Waals surface area contributed by atoms with Gasteiger partial charge < -0.3 is 20.5 Å². The number of rotatable bonds is 6. The van der Waals surface area contributed by atoms with Crippen molar-refractivity contribution in [3.8, 4) is 5.75 Å². The van der Waals surface area contributed by atoms with Crippen LogP contribution in [-0.4, -0.2) is 29.4 Å². The SMILES string of the molecule is CC(C)C(CNCc1cccc(F)c1O)NC(=O)OC(C)(C)C. The summed E-state index contributed by atoms with van der Waals surface area (Å²) in [6.07, 6.45) is -0.466. The molecule has 1 atom stereocenters. The first-order valence-electron chi connectivity index (χ1n) is 7.76. The van der Waals surface area contributed by atoms with E-state index in [1.165, 1.54) is 6.07 Å². The van der Waals surface area contributed by atoms with Crippen molar-refractivity contribution in [2.24, 2.45) is 5.92 Å². The van der Waals surface area contributed by atoms with Gasteiger partial charge in [-0.15, -0.1) is 0 Å². The summed E-state index contributed by atoms with van der Waals surface area (Å²) in [4.78, 5) is 11.9. The summed E-state index contributed by atoms with van der Waals surface area (Å²) in [5.74, 6) is -0.797. The molecular formula is C17H27FN2O3. The highest BCUT2D eigenvalue weighted by Gasteiger charge is 2.21. The number of amides is 1. The summed E-state index contributed by atoms with van der Waals surface area (Å²) in [6, 6.07) is 4.27. The zero-order valence-corrected chi connectivity index (χ0v) is 14.4. The van der Waals surface area contributed by atoms with Crippen LogP contribution in [0, 0.1) is 11.7 Å². The largest absolute Gasteiger partial charge is 0.505 e. The molecule has 1 aromatic rings. The van der Waals surface area contributed by atoms with Crippen LogP contribution in [0.25, 0.3) is 0 Å². The average Bonchev–Trinajstić information content (AvgIpc) is 2.40. The minimum atomic E-state index is -0.642. The lowest BCUT2D eigenvalue weighted by molar-refractivity contribution is 0.0490. The molecule has 23 heavy (non-hydrogen) atoms. The molecule has 0 aliphatic heterocycles. The van der Waals surface area contributed by atoms with E-state index in [4.69, 9.17) is 4.74 Å². The third-order valence-electron chi connectivity index (χ3n) is 3.26. The van der Waals surface area contributed by atoms with E-state index in [-0.39, 0.29) is 17.7 Å². The van der Waals surface area contributed by atoms with Gasteiger partial charge in [0.1, 0.15) is 5.60 Å². The number of benzene rings is 1. The van der Waals surface area contributed by atoms with Gasteiger partial charge in [0.15, 0.2) is 11.6 Å². The van der Waals surface area contributed by atoms with Crippen LogP contribution >= 0.6 is 0 Å². The topological polar surface area (TPSA) is 70.6 Å². The predicted molar refractivity (Wildman–Crippen MR) is 87.8 cm³/mol. The van der Waals surface area contributed by atoms with Gasteiger partial charge in [-0.1, -0.05) is 26.0 Å². The maximum atomic E-state index is 13.3. The second kappa shape index (κ2) is 8.15. The van der Waals surface area contributed by atoms with Crippen LogP contribution in [0.1, 0.15) is 40.2 Å². The molecule has 1 aromatic carbocycles. The highest BCUT2D eigenvalue weighted by molar-refractivity contribution is 5.68. The van der Waals surface area contributed by atoms with Crippen molar-refractivity contribution in [2.75, 3.05) is 6.54 Å². The molecule has 1 rings (SSSR count). The normalized spacial score (nSPS) is 13.0. The second-order valence-corrected chi connectivity index (χ2v) is 6.88. The third-order valence-corrected chi connectivity index (χ3v) is 3.26. The quantitative estimate of drug-likeness (QED) is 0.751. The zero-order chi connectivity index (χ0) is 17.6. The van der Waals surface area contributed by atoms with E-state index < -0.39 is 17.5 Å². The number of phenols is 1. The molecule has 0 spiro atoms.